The average Bonchev–Trinajstić information content (AvgIpc) is 2.76. The largest absolute Gasteiger partial charge is 0.483 e. The molecule has 2 aromatic rings. The van der Waals surface area contributed by atoms with Gasteiger partial charge >= 0.3 is 5.97 Å². The third-order valence-corrected chi connectivity index (χ3v) is 5.16. The first-order valence-electron chi connectivity index (χ1n) is 10.2. The molecule has 4 rings (SSSR count). The van der Waals surface area contributed by atoms with Crippen LogP contribution in [0.4, 0.5) is 0 Å². The number of ether oxygens (including phenoxy) is 2. The van der Waals surface area contributed by atoms with Crippen molar-refractivity contribution in [3.8, 4) is 11.8 Å². The van der Waals surface area contributed by atoms with E-state index < -0.39 is 11.6 Å². The third-order valence-electron chi connectivity index (χ3n) is 5.16. The molecule has 1 aromatic heterocycles. The highest BCUT2D eigenvalue weighted by Gasteiger charge is 2.28. The molecule has 3 heterocycles. The fourth-order valence-electron chi connectivity index (χ4n) is 3.68. The Balaban J connectivity index is 1.59. The summed E-state index contributed by atoms with van der Waals surface area (Å²) in [5, 5.41) is 9.27. The quantitative estimate of drug-likeness (QED) is 0.691. The number of aromatic nitrogens is 1. The predicted molar refractivity (Wildman–Crippen MR) is 119 cm³/mol. The van der Waals surface area contributed by atoms with Crippen molar-refractivity contribution in [2.24, 2.45) is 0 Å². The molecule has 2 aliphatic rings. The molecule has 162 valence electrons. The lowest BCUT2D eigenvalue weighted by Crippen LogP contribution is -2.32. The van der Waals surface area contributed by atoms with Gasteiger partial charge in [0.1, 0.15) is 18.0 Å². The molecular formula is C25H23N3O4. The molecule has 7 nitrogen and oxygen atoms in total. The lowest BCUT2D eigenvalue weighted by Gasteiger charge is -2.31. The van der Waals surface area contributed by atoms with Crippen molar-refractivity contribution in [3.05, 3.63) is 93.7 Å². The van der Waals surface area contributed by atoms with Gasteiger partial charge in [-0.25, -0.2) is 4.79 Å². The Bertz CT molecular complexity index is 1270. The Morgan fingerprint density at radius 1 is 1.28 bits per heavy atom. The molecule has 0 unspecified atom stereocenters. The first-order chi connectivity index (χ1) is 15.3. The molecule has 32 heavy (non-hydrogen) atoms. The third kappa shape index (κ3) is 4.35. The molecule has 0 saturated carbocycles. The van der Waals surface area contributed by atoms with E-state index in [0.717, 1.165) is 0 Å². The molecule has 7 heteroatoms. The molecular weight excluding hydrogens is 406 g/mol. The summed E-state index contributed by atoms with van der Waals surface area (Å²) in [6.07, 6.45) is 9.51. The highest BCUT2D eigenvalue weighted by Crippen LogP contribution is 2.36. The van der Waals surface area contributed by atoms with Crippen LogP contribution in [-0.4, -0.2) is 28.1 Å². The van der Waals surface area contributed by atoms with Crippen molar-refractivity contribution in [1.82, 2.24) is 9.47 Å². The van der Waals surface area contributed by atoms with Crippen LogP contribution in [-0.2, 0) is 16.1 Å². The van der Waals surface area contributed by atoms with E-state index in [1.54, 1.807) is 41.6 Å². The second-order valence-corrected chi connectivity index (χ2v) is 8.29. The van der Waals surface area contributed by atoms with Gasteiger partial charge in [0.2, 0.25) is 0 Å². The Kier molecular flexibility index (Phi) is 5.45. The van der Waals surface area contributed by atoms with Crippen molar-refractivity contribution in [1.29, 1.82) is 5.26 Å². The molecule has 0 N–H and O–H groups in total. The van der Waals surface area contributed by atoms with Gasteiger partial charge in [0, 0.05) is 37.5 Å². The van der Waals surface area contributed by atoms with E-state index in [1.807, 2.05) is 39.2 Å². The highest BCUT2D eigenvalue weighted by molar-refractivity contribution is 5.88. The minimum absolute atomic E-state index is 0.00248. The van der Waals surface area contributed by atoms with Gasteiger partial charge in [-0.15, -0.1) is 0 Å². The summed E-state index contributed by atoms with van der Waals surface area (Å²) in [6, 6.07) is 10.5. The van der Waals surface area contributed by atoms with Gasteiger partial charge < -0.3 is 14.4 Å². The number of pyridine rings is 1. The lowest BCUT2D eigenvalue weighted by atomic mass is 9.97. The molecule has 0 radical (unpaired) electrons. The molecule has 0 fully saturated rings. The maximum absolute atomic E-state index is 13.0. The summed E-state index contributed by atoms with van der Waals surface area (Å²) < 4.78 is 12.9. The van der Waals surface area contributed by atoms with Gasteiger partial charge in [-0.3, -0.25) is 9.36 Å². The standard InChI is InChI=1S/C25H23N3O4/c1-25(2)13-21(20-11-17(14-26)6-7-22(20)32-25)28-10-8-18(12-23(28)29)16-31-24(30)19-5-4-9-27(3)15-19/h4,6-13,15H,5,16H2,1-3H3. The van der Waals surface area contributed by atoms with E-state index >= 15 is 0 Å². The summed E-state index contributed by atoms with van der Waals surface area (Å²) in [4.78, 5) is 27.0. The molecule has 0 amide bonds. The summed E-state index contributed by atoms with van der Waals surface area (Å²) in [6.45, 7) is 3.81. The summed E-state index contributed by atoms with van der Waals surface area (Å²) >= 11 is 0. The zero-order valence-corrected chi connectivity index (χ0v) is 18.2. The summed E-state index contributed by atoms with van der Waals surface area (Å²) in [7, 11) is 1.84. The number of nitriles is 1. The van der Waals surface area contributed by atoms with E-state index in [1.165, 1.54) is 10.6 Å². The molecule has 0 saturated heterocycles. The van der Waals surface area contributed by atoms with Crippen LogP contribution in [0.2, 0.25) is 0 Å². The molecule has 0 aliphatic carbocycles. The minimum atomic E-state index is -0.626. The Morgan fingerprint density at radius 2 is 2.09 bits per heavy atom. The second-order valence-electron chi connectivity index (χ2n) is 8.29. The van der Waals surface area contributed by atoms with Crippen molar-refractivity contribution >= 4 is 11.7 Å². The maximum atomic E-state index is 13.0. The van der Waals surface area contributed by atoms with Crippen LogP contribution in [0.15, 0.2) is 71.4 Å². The van der Waals surface area contributed by atoms with Gasteiger partial charge in [-0.2, -0.15) is 5.26 Å². The zero-order valence-electron chi connectivity index (χ0n) is 18.2. The number of hydrogen-bond acceptors (Lipinski definition) is 6. The Morgan fingerprint density at radius 3 is 2.81 bits per heavy atom. The average molecular weight is 429 g/mol. The normalized spacial score (nSPS) is 16.2. The van der Waals surface area contributed by atoms with Gasteiger partial charge in [-0.05, 0) is 56.0 Å². The van der Waals surface area contributed by atoms with Gasteiger partial charge in [0.25, 0.3) is 5.56 Å². The zero-order chi connectivity index (χ0) is 22.9. The number of allylic oxidation sites excluding steroid dienone is 1. The predicted octanol–water partition coefficient (Wildman–Crippen LogP) is 3.56. The number of carbonyl (C=O) groups is 1. The first kappa shape index (κ1) is 21.2. The van der Waals surface area contributed by atoms with Crippen molar-refractivity contribution in [3.63, 3.8) is 0 Å². The number of benzene rings is 1. The van der Waals surface area contributed by atoms with Crippen LogP contribution < -0.4 is 10.3 Å². The number of carbonyl (C=O) groups excluding carboxylic acids is 1. The van der Waals surface area contributed by atoms with E-state index in [2.05, 4.69) is 6.07 Å². The van der Waals surface area contributed by atoms with E-state index in [9.17, 15) is 14.9 Å². The Hall–Kier alpha value is -4.05. The number of nitrogens with zero attached hydrogens (tertiary/aromatic N) is 3. The summed E-state index contributed by atoms with van der Waals surface area (Å²) in [5.41, 5.74) is 2.05. The van der Waals surface area contributed by atoms with Gasteiger partial charge in [0.05, 0.1) is 22.9 Å². The maximum Gasteiger partial charge on any atom is 0.336 e. The number of fused-ring (bicyclic) bond motifs is 1. The number of hydrogen-bond donors (Lipinski definition) is 0. The first-order valence-corrected chi connectivity index (χ1v) is 10.2. The monoisotopic (exact) mass is 429 g/mol. The molecule has 2 aliphatic heterocycles. The lowest BCUT2D eigenvalue weighted by molar-refractivity contribution is -0.140. The van der Waals surface area contributed by atoms with E-state index in [0.29, 0.717) is 40.1 Å². The molecule has 0 bridgehead atoms. The van der Waals surface area contributed by atoms with Crippen LogP contribution in [0, 0.1) is 11.3 Å². The van der Waals surface area contributed by atoms with Crippen LogP contribution in [0.3, 0.4) is 0 Å². The molecule has 0 spiro atoms. The van der Waals surface area contributed by atoms with E-state index in [4.69, 9.17) is 9.47 Å². The van der Waals surface area contributed by atoms with E-state index in [-0.39, 0.29) is 12.2 Å². The number of rotatable bonds is 4. The van der Waals surface area contributed by atoms with Crippen LogP contribution in [0.5, 0.6) is 5.75 Å². The number of esters is 1. The SMILES string of the molecule is CN1C=CCC(C(=O)OCc2ccn(C3=CC(C)(C)Oc4ccc(C#N)cc43)c(=O)c2)=C1. The Labute approximate surface area is 186 Å². The smallest absolute Gasteiger partial charge is 0.336 e. The minimum Gasteiger partial charge on any atom is -0.483 e. The van der Waals surface area contributed by atoms with Crippen LogP contribution in [0.1, 0.15) is 37.0 Å². The van der Waals surface area contributed by atoms with Gasteiger partial charge in [-0.1, -0.05) is 6.08 Å². The van der Waals surface area contributed by atoms with Crippen molar-refractivity contribution < 1.29 is 14.3 Å². The molecule has 0 atom stereocenters. The fourth-order valence-corrected chi connectivity index (χ4v) is 3.68. The second kappa shape index (κ2) is 8.23. The highest BCUT2D eigenvalue weighted by atomic mass is 16.5. The van der Waals surface area contributed by atoms with Gasteiger partial charge in [0.15, 0.2) is 0 Å². The molecule has 1 aromatic carbocycles. The topological polar surface area (TPSA) is 84.6 Å². The summed E-state index contributed by atoms with van der Waals surface area (Å²) in [5.74, 6) is 0.202. The van der Waals surface area contributed by atoms with Crippen LogP contribution >= 0.6 is 0 Å². The van der Waals surface area contributed by atoms with Crippen molar-refractivity contribution in [2.75, 3.05) is 7.05 Å². The fraction of sp³-hybridized carbons (Fsp3) is 0.240. The van der Waals surface area contributed by atoms with Crippen molar-refractivity contribution in [2.45, 2.75) is 32.5 Å². The van der Waals surface area contributed by atoms with Crippen LogP contribution in [0.25, 0.3) is 5.70 Å².